The summed E-state index contributed by atoms with van der Waals surface area (Å²) in [6.45, 7) is 0.331. The van der Waals surface area contributed by atoms with Gasteiger partial charge in [0.1, 0.15) is 11.5 Å². The quantitative estimate of drug-likeness (QED) is 0.423. The lowest BCUT2D eigenvalue weighted by Crippen LogP contribution is -2.26. The number of carbonyl (C=O) groups is 2. The minimum Gasteiger partial charge on any atom is -0.493 e. The van der Waals surface area contributed by atoms with Crippen LogP contribution >= 0.6 is 0 Å². The van der Waals surface area contributed by atoms with Crippen LogP contribution in [0.5, 0.6) is 5.75 Å². The van der Waals surface area contributed by atoms with Crippen LogP contribution < -0.4 is 4.74 Å². The first-order valence-electron chi connectivity index (χ1n) is 8.72. The largest absolute Gasteiger partial charge is 0.493 e. The van der Waals surface area contributed by atoms with E-state index in [1.165, 1.54) is 7.11 Å². The molecule has 1 aliphatic rings. The molecule has 1 fully saturated rings. The fraction of sp³-hybridized carbons (Fsp3) is 0.500. The summed E-state index contributed by atoms with van der Waals surface area (Å²) in [6, 6.07) is 9.41. The predicted octanol–water partition coefficient (Wildman–Crippen LogP) is 2.92. The lowest BCUT2D eigenvalue weighted by molar-refractivity contribution is -0.140. The van der Waals surface area contributed by atoms with Gasteiger partial charge in [0.15, 0.2) is 0 Å². The van der Waals surface area contributed by atoms with Crippen LogP contribution in [0, 0.1) is 11.8 Å². The van der Waals surface area contributed by atoms with Crippen molar-refractivity contribution in [1.82, 2.24) is 0 Å². The number of hydrogen-bond acceptors (Lipinski definition) is 5. The first-order chi connectivity index (χ1) is 12.1. The van der Waals surface area contributed by atoms with E-state index in [9.17, 15) is 14.7 Å². The van der Waals surface area contributed by atoms with Gasteiger partial charge in [-0.1, -0.05) is 30.4 Å². The molecule has 0 radical (unpaired) electrons. The fourth-order valence-electron chi connectivity index (χ4n) is 3.09. The topological polar surface area (TPSA) is 72.8 Å². The second kappa shape index (κ2) is 9.99. The molecule has 0 aromatic heterocycles. The summed E-state index contributed by atoms with van der Waals surface area (Å²) in [5.74, 6) is 0.225. The van der Waals surface area contributed by atoms with Crippen LogP contribution in [0.15, 0.2) is 42.5 Å². The molecular weight excluding hydrogens is 320 g/mol. The zero-order chi connectivity index (χ0) is 18.1. The van der Waals surface area contributed by atoms with Crippen molar-refractivity contribution in [3.05, 3.63) is 42.5 Å². The van der Waals surface area contributed by atoms with Gasteiger partial charge in [0.25, 0.3) is 0 Å². The molecule has 3 atom stereocenters. The number of ether oxygens (including phenoxy) is 2. The van der Waals surface area contributed by atoms with E-state index in [0.29, 0.717) is 19.4 Å². The number of esters is 1. The lowest BCUT2D eigenvalue weighted by Gasteiger charge is -2.20. The summed E-state index contributed by atoms with van der Waals surface area (Å²) < 4.78 is 10.3. The Morgan fingerprint density at radius 2 is 2.04 bits per heavy atom. The molecule has 1 saturated carbocycles. The molecule has 0 aliphatic heterocycles. The number of para-hydroxylation sites is 1. The van der Waals surface area contributed by atoms with Crippen LogP contribution in [-0.2, 0) is 14.3 Å². The Balaban J connectivity index is 1.80. The van der Waals surface area contributed by atoms with E-state index in [1.807, 2.05) is 42.5 Å². The van der Waals surface area contributed by atoms with Crippen molar-refractivity contribution in [2.24, 2.45) is 11.8 Å². The number of Topliss-reactive ketones (excluding diaryl/α,β-unsaturated/α-hetero) is 1. The highest BCUT2D eigenvalue weighted by molar-refractivity contribution is 5.84. The molecule has 136 valence electrons. The Labute approximate surface area is 148 Å². The second-order valence-electron chi connectivity index (χ2n) is 6.31. The summed E-state index contributed by atoms with van der Waals surface area (Å²) in [6.07, 6.45) is 5.99. The highest BCUT2D eigenvalue weighted by Crippen LogP contribution is 2.32. The number of methoxy groups -OCH3 is 1. The van der Waals surface area contributed by atoms with Crippen molar-refractivity contribution in [3.8, 4) is 5.75 Å². The standard InChI is InChI=1S/C20H26O5/c1-24-20(23)12-8-3-2-7-11-16-17(19(22)13-18(16)21)14-25-15-9-5-4-6-10-15/h2,4-7,9-10,16-17,19,22H,3,8,11-14H2,1H3/b7-2-/t16-,17-,19-/m1/s1. The number of hydrogen-bond donors (Lipinski definition) is 1. The van der Waals surface area contributed by atoms with Crippen molar-refractivity contribution < 1.29 is 24.2 Å². The fourth-order valence-corrected chi connectivity index (χ4v) is 3.09. The van der Waals surface area contributed by atoms with Gasteiger partial charge in [0, 0.05) is 24.7 Å². The molecule has 1 aliphatic carbocycles. The van der Waals surface area contributed by atoms with E-state index in [1.54, 1.807) is 0 Å². The maximum Gasteiger partial charge on any atom is 0.305 e. The van der Waals surface area contributed by atoms with E-state index in [0.717, 1.165) is 18.6 Å². The lowest BCUT2D eigenvalue weighted by atomic mass is 9.91. The molecule has 0 bridgehead atoms. The van der Waals surface area contributed by atoms with Crippen LogP contribution in [0.3, 0.4) is 0 Å². The van der Waals surface area contributed by atoms with Crippen LogP contribution in [0.2, 0.25) is 0 Å². The number of aliphatic hydroxyl groups excluding tert-OH is 1. The predicted molar refractivity (Wildman–Crippen MR) is 94.2 cm³/mol. The first kappa shape index (κ1) is 19.2. The summed E-state index contributed by atoms with van der Waals surface area (Å²) in [5.41, 5.74) is 0. The molecule has 0 amide bonds. The molecule has 1 N–H and O–H groups in total. The number of unbranched alkanes of at least 4 members (excludes halogenated alkanes) is 1. The van der Waals surface area contributed by atoms with Gasteiger partial charge in [-0.25, -0.2) is 0 Å². The van der Waals surface area contributed by atoms with Gasteiger partial charge in [-0.3, -0.25) is 9.59 Å². The Hall–Kier alpha value is -2.14. The maximum absolute atomic E-state index is 12.1. The smallest absolute Gasteiger partial charge is 0.305 e. The Kier molecular flexibility index (Phi) is 7.67. The summed E-state index contributed by atoms with van der Waals surface area (Å²) in [4.78, 5) is 23.2. The average Bonchev–Trinajstić information content (AvgIpc) is 2.89. The molecule has 5 nitrogen and oxygen atoms in total. The number of allylic oxidation sites excluding steroid dienone is 2. The van der Waals surface area contributed by atoms with Gasteiger partial charge < -0.3 is 14.6 Å². The Morgan fingerprint density at radius 3 is 2.76 bits per heavy atom. The number of carbonyl (C=O) groups excluding carboxylic acids is 2. The van der Waals surface area contributed by atoms with E-state index >= 15 is 0 Å². The third-order valence-electron chi connectivity index (χ3n) is 4.56. The zero-order valence-electron chi connectivity index (χ0n) is 14.6. The van der Waals surface area contributed by atoms with Crippen molar-refractivity contribution in [2.75, 3.05) is 13.7 Å². The van der Waals surface area contributed by atoms with Crippen molar-refractivity contribution in [2.45, 2.75) is 38.2 Å². The van der Waals surface area contributed by atoms with Gasteiger partial charge in [-0.2, -0.15) is 0 Å². The summed E-state index contributed by atoms with van der Waals surface area (Å²) in [7, 11) is 1.38. The zero-order valence-corrected chi connectivity index (χ0v) is 14.6. The number of aliphatic hydroxyl groups is 1. The third-order valence-corrected chi connectivity index (χ3v) is 4.56. The molecule has 1 aromatic rings. The Morgan fingerprint density at radius 1 is 1.28 bits per heavy atom. The third kappa shape index (κ3) is 6.02. The molecular formula is C20H26O5. The van der Waals surface area contributed by atoms with Crippen LogP contribution in [0.4, 0.5) is 0 Å². The maximum atomic E-state index is 12.1. The van der Waals surface area contributed by atoms with Crippen LogP contribution in [0.1, 0.15) is 32.1 Å². The first-order valence-corrected chi connectivity index (χ1v) is 8.72. The van der Waals surface area contributed by atoms with E-state index in [2.05, 4.69) is 4.74 Å². The van der Waals surface area contributed by atoms with E-state index < -0.39 is 6.10 Å². The number of ketones is 1. The minimum absolute atomic E-state index is 0.0911. The highest BCUT2D eigenvalue weighted by atomic mass is 16.5. The van der Waals surface area contributed by atoms with E-state index in [-0.39, 0.29) is 30.0 Å². The van der Waals surface area contributed by atoms with E-state index in [4.69, 9.17) is 4.74 Å². The summed E-state index contributed by atoms with van der Waals surface area (Å²) in [5, 5.41) is 10.2. The normalized spacial score (nSPS) is 23.1. The second-order valence-corrected chi connectivity index (χ2v) is 6.31. The molecule has 0 saturated heterocycles. The van der Waals surface area contributed by atoms with Crippen molar-refractivity contribution in [3.63, 3.8) is 0 Å². The molecule has 0 spiro atoms. The SMILES string of the molecule is COC(=O)CCC/C=C\C[C@H]1C(=O)C[C@@H](O)[C@@H]1COc1ccccc1. The molecule has 5 heteroatoms. The summed E-state index contributed by atoms with van der Waals surface area (Å²) >= 11 is 0. The number of rotatable bonds is 9. The molecule has 0 unspecified atom stereocenters. The highest BCUT2D eigenvalue weighted by Gasteiger charge is 2.41. The Bertz CT molecular complexity index is 581. The van der Waals surface area contributed by atoms with Crippen LogP contribution in [0.25, 0.3) is 0 Å². The molecule has 2 rings (SSSR count). The van der Waals surface area contributed by atoms with Crippen molar-refractivity contribution in [1.29, 1.82) is 0 Å². The monoisotopic (exact) mass is 346 g/mol. The van der Waals surface area contributed by atoms with Gasteiger partial charge in [0.05, 0.1) is 19.8 Å². The van der Waals surface area contributed by atoms with Crippen LogP contribution in [-0.4, -0.2) is 36.7 Å². The van der Waals surface area contributed by atoms with Gasteiger partial charge in [-0.05, 0) is 31.4 Å². The molecule has 0 heterocycles. The van der Waals surface area contributed by atoms with Crippen molar-refractivity contribution >= 4 is 11.8 Å². The van der Waals surface area contributed by atoms with Gasteiger partial charge in [0.2, 0.25) is 0 Å². The average molecular weight is 346 g/mol. The molecule has 1 aromatic carbocycles. The van der Waals surface area contributed by atoms with Gasteiger partial charge >= 0.3 is 5.97 Å². The number of benzene rings is 1. The molecule has 25 heavy (non-hydrogen) atoms. The minimum atomic E-state index is -0.645. The van der Waals surface area contributed by atoms with Gasteiger partial charge in [-0.15, -0.1) is 0 Å².